The topological polar surface area (TPSA) is 93.8 Å². The van der Waals surface area contributed by atoms with Crippen LogP contribution in [0.25, 0.3) is 0 Å². The Morgan fingerprint density at radius 2 is 1.87 bits per heavy atom. The third-order valence-corrected chi connectivity index (χ3v) is 4.86. The van der Waals surface area contributed by atoms with Crippen LogP contribution in [0.1, 0.15) is 43.0 Å². The van der Waals surface area contributed by atoms with Gasteiger partial charge in [0.15, 0.2) is 0 Å². The zero-order valence-corrected chi connectivity index (χ0v) is 18.9. The third kappa shape index (κ3) is 5.89. The van der Waals surface area contributed by atoms with E-state index in [2.05, 4.69) is 5.32 Å². The first-order valence-electron chi connectivity index (χ1n) is 10.2. The van der Waals surface area contributed by atoms with Crippen LogP contribution in [0.15, 0.2) is 24.3 Å². The normalized spacial score (nSPS) is 12.4. The van der Waals surface area contributed by atoms with Gasteiger partial charge in [0.25, 0.3) is 0 Å². The quantitative estimate of drug-likeness (QED) is 0.657. The summed E-state index contributed by atoms with van der Waals surface area (Å²) in [6.07, 6.45) is 1.41. The van der Waals surface area contributed by atoms with E-state index in [0.717, 1.165) is 35.6 Å². The molecular formula is C24H34N2O4. The van der Waals surface area contributed by atoms with Crippen LogP contribution < -0.4 is 20.5 Å². The molecule has 1 amide bonds. The van der Waals surface area contributed by atoms with Gasteiger partial charge in [-0.25, -0.2) is 0 Å². The molecule has 0 aromatic heterocycles. The SMILES string of the molecule is COc1cc(C)cc(NC(=O)C(C)(C)C)c1CCO.Cc1cc(N)c2c(c1)OCC2. The lowest BCUT2D eigenvalue weighted by Gasteiger charge is -2.21. The number of carbonyl (C=O) groups is 1. The average molecular weight is 415 g/mol. The highest BCUT2D eigenvalue weighted by Crippen LogP contribution is 2.31. The fourth-order valence-electron chi connectivity index (χ4n) is 3.23. The van der Waals surface area contributed by atoms with Gasteiger partial charge in [0.1, 0.15) is 11.5 Å². The van der Waals surface area contributed by atoms with E-state index in [1.54, 1.807) is 7.11 Å². The number of nitrogens with two attached hydrogens (primary N) is 1. The minimum Gasteiger partial charge on any atom is -0.496 e. The molecule has 0 unspecified atom stereocenters. The molecule has 6 heteroatoms. The molecule has 3 rings (SSSR count). The van der Waals surface area contributed by atoms with Gasteiger partial charge in [-0.05, 0) is 49.2 Å². The van der Waals surface area contributed by atoms with Crippen molar-refractivity contribution in [3.8, 4) is 11.5 Å². The van der Waals surface area contributed by atoms with Crippen molar-refractivity contribution < 1.29 is 19.4 Å². The number of aliphatic hydroxyl groups excluding tert-OH is 1. The molecule has 0 fully saturated rings. The summed E-state index contributed by atoms with van der Waals surface area (Å²) >= 11 is 0. The molecule has 4 N–H and O–H groups in total. The number of ether oxygens (including phenoxy) is 2. The first-order valence-corrected chi connectivity index (χ1v) is 10.2. The van der Waals surface area contributed by atoms with Crippen LogP contribution in [0.4, 0.5) is 11.4 Å². The minimum absolute atomic E-state index is 0.0117. The van der Waals surface area contributed by atoms with Crippen molar-refractivity contribution in [2.24, 2.45) is 5.41 Å². The first-order chi connectivity index (χ1) is 14.1. The maximum atomic E-state index is 12.1. The van der Waals surface area contributed by atoms with Gasteiger partial charge >= 0.3 is 0 Å². The lowest BCUT2D eigenvalue weighted by atomic mass is 9.95. The van der Waals surface area contributed by atoms with E-state index < -0.39 is 5.41 Å². The van der Waals surface area contributed by atoms with Gasteiger partial charge in [0.2, 0.25) is 5.91 Å². The number of nitrogens with one attached hydrogen (secondary N) is 1. The van der Waals surface area contributed by atoms with Crippen molar-refractivity contribution in [1.82, 2.24) is 0 Å². The number of hydrogen-bond acceptors (Lipinski definition) is 5. The number of rotatable bonds is 4. The molecule has 0 saturated carbocycles. The number of aliphatic hydroxyl groups is 1. The number of carbonyl (C=O) groups excluding carboxylic acids is 1. The molecular weight excluding hydrogens is 380 g/mol. The number of benzene rings is 2. The summed E-state index contributed by atoms with van der Waals surface area (Å²) in [5.74, 6) is 1.61. The fraction of sp³-hybridized carbons (Fsp3) is 0.458. The van der Waals surface area contributed by atoms with Crippen molar-refractivity contribution in [3.63, 3.8) is 0 Å². The molecule has 2 aromatic rings. The van der Waals surface area contributed by atoms with Crippen LogP contribution in [0, 0.1) is 19.3 Å². The van der Waals surface area contributed by atoms with Gasteiger partial charge in [-0.3, -0.25) is 4.79 Å². The third-order valence-electron chi connectivity index (χ3n) is 4.86. The number of nitrogen functional groups attached to an aromatic ring is 1. The van der Waals surface area contributed by atoms with Crippen molar-refractivity contribution >= 4 is 17.3 Å². The summed E-state index contributed by atoms with van der Waals surface area (Å²) in [6.45, 7) is 10.3. The maximum absolute atomic E-state index is 12.1. The number of methoxy groups -OCH3 is 1. The van der Waals surface area contributed by atoms with Crippen LogP contribution in [-0.2, 0) is 17.6 Å². The monoisotopic (exact) mass is 414 g/mol. The molecule has 6 nitrogen and oxygen atoms in total. The fourth-order valence-corrected chi connectivity index (χ4v) is 3.23. The lowest BCUT2D eigenvalue weighted by Crippen LogP contribution is -2.28. The second kappa shape index (κ2) is 9.85. The van der Waals surface area contributed by atoms with E-state index in [1.165, 1.54) is 11.1 Å². The van der Waals surface area contributed by atoms with E-state index in [-0.39, 0.29) is 12.5 Å². The lowest BCUT2D eigenvalue weighted by molar-refractivity contribution is -0.123. The zero-order chi connectivity index (χ0) is 22.5. The van der Waals surface area contributed by atoms with Gasteiger partial charge < -0.3 is 25.6 Å². The van der Waals surface area contributed by atoms with Crippen molar-refractivity contribution in [1.29, 1.82) is 0 Å². The highest BCUT2D eigenvalue weighted by Gasteiger charge is 2.23. The standard InChI is InChI=1S/C15H23NO3.C9H11NO/c1-10-8-12(16-14(18)15(2,3)4)11(6-7-17)13(9-10)19-5;1-6-4-8(10)7-2-3-11-9(7)5-6/h8-9,17H,6-7H2,1-5H3,(H,16,18);4-5H,2-3,10H2,1H3. The predicted octanol–water partition coefficient (Wildman–Crippen LogP) is 4.04. The first kappa shape index (κ1) is 23.5. The average Bonchev–Trinajstić information content (AvgIpc) is 3.12. The van der Waals surface area contributed by atoms with E-state index in [4.69, 9.17) is 20.3 Å². The van der Waals surface area contributed by atoms with Crippen LogP contribution in [0.5, 0.6) is 11.5 Å². The Balaban J connectivity index is 0.000000244. The van der Waals surface area contributed by atoms with Gasteiger partial charge in [-0.15, -0.1) is 0 Å². The molecule has 0 radical (unpaired) electrons. The van der Waals surface area contributed by atoms with E-state index in [9.17, 15) is 4.79 Å². The summed E-state index contributed by atoms with van der Waals surface area (Å²) in [7, 11) is 1.59. The molecule has 2 aromatic carbocycles. The van der Waals surface area contributed by atoms with Crippen LogP contribution in [-0.4, -0.2) is 31.3 Å². The summed E-state index contributed by atoms with van der Waals surface area (Å²) in [4.78, 5) is 12.1. The van der Waals surface area contributed by atoms with Gasteiger partial charge in [-0.2, -0.15) is 0 Å². The van der Waals surface area contributed by atoms with Crippen LogP contribution >= 0.6 is 0 Å². The Hall–Kier alpha value is -2.73. The molecule has 164 valence electrons. The van der Waals surface area contributed by atoms with Crippen LogP contribution in [0.2, 0.25) is 0 Å². The van der Waals surface area contributed by atoms with Crippen LogP contribution in [0.3, 0.4) is 0 Å². The predicted molar refractivity (Wildman–Crippen MR) is 121 cm³/mol. The second-order valence-corrected chi connectivity index (χ2v) is 8.60. The van der Waals surface area contributed by atoms with Gasteiger partial charge in [0.05, 0.1) is 13.7 Å². The Labute approximate surface area is 179 Å². The summed E-state index contributed by atoms with van der Waals surface area (Å²) in [5.41, 5.74) is 11.1. The molecule has 0 aliphatic carbocycles. The summed E-state index contributed by atoms with van der Waals surface area (Å²) in [6, 6.07) is 7.83. The Morgan fingerprint density at radius 3 is 2.47 bits per heavy atom. The van der Waals surface area contributed by atoms with Crippen molar-refractivity contribution in [2.75, 3.05) is 31.4 Å². The summed E-state index contributed by atoms with van der Waals surface area (Å²) in [5, 5.41) is 12.1. The van der Waals surface area contributed by atoms with E-state index >= 15 is 0 Å². The Bertz CT molecular complexity index is 901. The number of fused-ring (bicyclic) bond motifs is 1. The highest BCUT2D eigenvalue weighted by molar-refractivity contribution is 5.95. The second-order valence-electron chi connectivity index (χ2n) is 8.60. The molecule has 1 aliphatic rings. The number of amides is 1. The molecule has 1 aliphatic heterocycles. The molecule has 0 spiro atoms. The largest absolute Gasteiger partial charge is 0.496 e. The van der Waals surface area contributed by atoms with Gasteiger partial charge in [0, 0.05) is 47.4 Å². The molecule has 0 atom stereocenters. The zero-order valence-electron chi connectivity index (χ0n) is 18.9. The minimum atomic E-state index is -0.465. The molecule has 30 heavy (non-hydrogen) atoms. The van der Waals surface area contributed by atoms with E-state index in [0.29, 0.717) is 17.9 Å². The Morgan fingerprint density at radius 1 is 1.20 bits per heavy atom. The van der Waals surface area contributed by atoms with E-state index in [1.807, 2.05) is 58.9 Å². The molecule has 0 bridgehead atoms. The smallest absolute Gasteiger partial charge is 0.229 e. The molecule has 0 saturated heterocycles. The Kier molecular flexibility index (Phi) is 7.73. The van der Waals surface area contributed by atoms with Crippen molar-refractivity contribution in [3.05, 3.63) is 46.5 Å². The van der Waals surface area contributed by atoms with Crippen molar-refractivity contribution in [2.45, 2.75) is 47.5 Å². The highest BCUT2D eigenvalue weighted by atomic mass is 16.5. The van der Waals surface area contributed by atoms with Gasteiger partial charge in [-0.1, -0.05) is 20.8 Å². The molecule has 1 heterocycles. The maximum Gasteiger partial charge on any atom is 0.229 e. The number of hydrogen-bond donors (Lipinski definition) is 3. The summed E-state index contributed by atoms with van der Waals surface area (Å²) < 4.78 is 10.7. The number of aryl methyl sites for hydroxylation is 2. The number of anilines is 2.